The van der Waals surface area contributed by atoms with Gasteiger partial charge in [-0.1, -0.05) is 23.8 Å². The minimum absolute atomic E-state index is 0.0335. The summed E-state index contributed by atoms with van der Waals surface area (Å²) in [4.78, 5) is 40.4. The maximum absolute atomic E-state index is 12.4. The fraction of sp³-hybridized carbons (Fsp3) is 0.571. The normalized spacial score (nSPS) is 22.0. The van der Waals surface area contributed by atoms with E-state index in [1.165, 1.54) is 21.8 Å². The lowest BCUT2D eigenvalue weighted by Crippen LogP contribution is -2.34. The van der Waals surface area contributed by atoms with E-state index in [9.17, 15) is 14.4 Å². The molecule has 1 aliphatic carbocycles. The number of imide groups is 1. The Bertz CT molecular complexity index is 941. The van der Waals surface area contributed by atoms with Crippen molar-refractivity contribution in [3.63, 3.8) is 0 Å². The summed E-state index contributed by atoms with van der Waals surface area (Å²) >= 11 is 1.29. The van der Waals surface area contributed by atoms with E-state index in [4.69, 9.17) is 0 Å². The summed E-state index contributed by atoms with van der Waals surface area (Å²) in [6, 6.07) is 6.21. The number of aromatic nitrogens is 1. The SMILES string of the molecule is CN(CCCN1C(=O)C2CCCC2C1=O)CCc1ccc2c(c1)sc(=O)n2C. The van der Waals surface area contributed by atoms with Crippen LogP contribution in [-0.4, -0.2) is 52.9 Å². The lowest BCUT2D eigenvalue weighted by molar-refractivity contribution is -0.140. The summed E-state index contributed by atoms with van der Waals surface area (Å²) in [6.07, 6.45) is 4.49. The first-order chi connectivity index (χ1) is 13.5. The molecule has 4 rings (SSSR count). The number of likely N-dealkylation sites (N-methyl/N-ethyl adjacent to an activating group) is 1. The molecule has 1 aromatic carbocycles. The van der Waals surface area contributed by atoms with Gasteiger partial charge in [0.05, 0.1) is 22.1 Å². The summed E-state index contributed by atoms with van der Waals surface area (Å²) in [5.74, 6) is 0.0540. The molecule has 2 aromatic rings. The van der Waals surface area contributed by atoms with Crippen molar-refractivity contribution in [2.24, 2.45) is 18.9 Å². The van der Waals surface area contributed by atoms with Crippen LogP contribution in [0.3, 0.4) is 0 Å². The molecular formula is C21H27N3O3S. The Hall–Kier alpha value is -1.99. The van der Waals surface area contributed by atoms with Gasteiger partial charge in [0.1, 0.15) is 0 Å². The van der Waals surface area contributed by atoms with Crippen molar-refractivity contribution in [2.45, 2.75) is 32.1 Å². The van der Waals surface area contributed by atoms with Gasteiger partial charge in [-0.05, 0) is 57.0 Å². The largest absolute Gasteiger partial charge is 0.307 e. The highest BCUT2D eigenvalue weighted by atomic mass is 32.1. The lowest BCUT2D eigenvalue weighted by Gasteiger charge is -2.20. The molecule has 6 nitrogen and oxygen atoms in total. The number of carbonyl (C=O) groups excluding carboxylic acids is 2. The maximum Gasteiger partial charge on any atom is 0.307 e. The van der Waals surface area contributed by atoms with Crippen LogP contribution in [0.2, 0.25) is 0 Å². The maximum atomic E-state index is 12.4. The Labute approximate surface area is 168 Å². The average Bonchev–Trinajstić information content (AvgIpc) is 3.33. The monoisotopic (exact) mass is 401 g/mol. The van der Waals surface area contributed by atoms with Crippen LogP contribution in [0.5, 0.6) is 0 Å². The highest BCUT2D eigenvalue weighted by Crippen LogP contribution is 2.39. The molecule has 0 N–H and O–H groups in total. The number of thiazole rings is 1. The van der Waals surface area contributed by atoms with E-state index in [1.807, 2.05) is 6.07 Å². The van der Waals surface area contributed by atoms with Crippen LogP contribution >= 0.6 is 11.3 Å². The van der Waals surface area contributed by atoms with E-state index in [2.05, 4.69) is 24.1 Å². The number of carbonyl (C=O) groups is 2. The second kappa shape index (κ2) is 7.79. The second-order valence-electron chi connectivity index (χ2n) is 8.11. The zero-order valence-electron chi connectivity index (χ0n) is 16.5. The molecule has 28 heavy (non-hydrogen) atoms. The van der Waals surface area contributed by atoms with Gasteiger partial charge in [0, 0.05) is 20.1 Å². The van der Waals surface area contributed by atoms with E-state index < -0.39 is 0 Å². The molecule has 0 radical (unpaired) electrons. The number of amides is 2. The summed E-state index contributed by atoms with van der Waals surface area (Å²) in [6.45, 7) is 2.30. The molecule has 0 bridgehead atoms. The topological polar surface area (TPSA) is 62.6 Å². The first kappa shape index (κ1) is 19.3. The van der Waals surface area contributed by atoms with Gasteiger partial charge >= 0.3 is 4.87 Å². The predicted octanol–water partition coefficient (Wildman–Crippen LogP) is 2.25. The molecule has 7 heteroatoms. The van der Waals surface area contributed by atoms with Crippen molar-refractivity contribution in [1.29, 1.82) is 0 Å². The van der Waals surface area contributed by atoms with Crippen molar-refractivity contribution in [3.8, 4) is 0 Å². The molecule has 1 aliphatic heterocycles. The van der Waals surface area contributed by atoms with Gasteiger partial charge in [0.2, 0.25) is 11.8 Å². The zero-order chi connectivity index (χ0) is 19.8. The Morgan fingerprint density at radius 2 is 1.82 bits per heavy atom. The van der Waals surface area contributed by atoms with Crippen molar-refractivity contribution in [3.05, 3.63) is 33.4 Å². The van der Waals surface area contributed by atoms with Crippen LogP contribution in [0, 0.1) is 11.8 Å². The third-order valence-electron chi connectivity index (χ3n) is 6.24. The van der Waals surface area contributed by atoms with Gasteiger partial charge in [-0.15, -0.1) is 0 Å². The van der Waals surface area contributed by atoms with E-state index in [0.29, 0.717) is 6.54 Å². The fourth-order valence-corrected chi connectivity index (χ4v) is 5.49. The number of rotatable bonds is 7. The summed E-state index contributed by atoms with van der Waals surface area (Å²) < 4.78 is 2.72. The Kier molecular flexibility index (Phi) is 5.38. The van der Waals surface area contributed by atoms with Gasteiger partial charge in [0.15, 0.2) is 0 Å². The molecule has 2 aliphatic rings. The third-order valence-corrected chi connectivity index (χ3v) is 7.24. The number of aryl methyl sites for hydroxylation is 1. The van der Waals surface area contributed by atoms with Crippen LogP contribution < -0.4 is 4.87 Å². The van der Waals surface area contributed by atoms with Gasteiger partial charge < -0.3 is 9.47 Å². The lowest BCUT2D eigenvalue weighted by atomic mass is 10.00. The molecule has 150 valence electrons. The number of nitrogens with zero attached hydrogens (tertiary/aromatic N) is 3. The van der Waals surface area contributed by atoms with E-state index in [1.54, 1.807) is 11.6 Å². The number of benzene rings is 1. The fourth-order valence-electron chi connectivity index (χ4n) is 4.54. The molecule has 2 atom stereocenters. The average molecular weight is 402 g/mol. The smallest absolute Gasteiger partial charge is 0.306 e. The van der Waals surface area contributed by atoms with Crippen LogP contribution in [0.25, 0.3) is 10.2 Å². The van der Waals surface area contributed by atoms with Crippen molar-refractivity contribution in [2.75, 3.05) is 26.7 Å². The standard InChI is InChI=1S/C21H27N3O3S/c1-22(10-4-11-24-19(25)15-5-3-6-16(15)20(24)26)12-9-14-7-8-17-18(13-14)28-21(27)23(17)2/h7-8,13,15-16H,3-6,9-12H2,1-2H3. The summed E-state index contributed by atoms with van der Waals surface area (Å²) in [5.41, 5.74) is 2.20. The molecule has 2 amide bonds. The van der Waals surface area contributed by atoms with Crippen LogP contribution in [0.4, 0.5) is 0 Å². The Morgan fingerprint density at radius 3 is 2.54 bits per heavy atom. The molecule has 1 saturated heterocycles. The van der Waals surface area contributed by atoms with Crippen molar-refractivity contribution in [1.82, 2.24) is 14.4 Å². The van der Waals surface area contributed by atoms with Crippen LogP contribution in [-0.2, 0) is 23.1 Å². The Morgan fingerprint density at radius 1 is 1.11 bits per heavy atom. The molecule has 0 spiro atoms. The van der Waals surface area contributed by atoms with Gasteiger partial charge in [0.25, 0.3) is 0 Å². The molecule has 2 unspecified atom stereocenters. The van der Waals surface area contributed by atoms with E-state index >= 15 is 0 Å². The van der Waals surface area contributed by atoms with Gasteiger partial charge in [-0.3, -0.25) is 19.3 Å². The van der Waals surface area contributed by atoms with Crippen molar-refractivity contribution < 1.29 is 9.59 Å². The quantitative estimate of drug-likeness (QED) is 0.668. The van der Waals surface area contributed by atoms with Crippen LogP contribution in [0.15, 0.2) is 23.0 Å². The first-order valence-corrected chi connectivity index (χ1v) is 10.9. The molecule has 1 aromatic heterocycles. The molecular weight excluding hydrogens is 374 g/mol. The van der Waals surface area contributed by atoms with E-state index in [-0.39, 0.29) is 28.5 Å². The second-order valence-corrected chi connectivity index (χ2v) is 9.10. The highest BCUT2D eigenvalue weighted by Gasteiger charge is 2.49. The number of likely N-dealkylation sites (tertiary alicyclic amines) is 1. The summed E-state index contributed by atoms with van der Waals surface area (Å²) in [5, 5.41) is 0. The summed E-state index contributed by atoms with van der Waals surface area (Å²) in [7, 11) is 3.87. The molecule has 1 saturated carbocycles. The van der Waals surface area contributed by atoms with Gasteiger partial charge in [-0.2, -0.15) is 0 Å². The Balaban J connectivity index is 1.25. The molecule has 2 fully saturated rings. The predicted molar refractivity (Wildman–Crippen MR) is 110 cm³/mol. The third kappa shape index (κ3) is 3.53. The minimum Gasteiger partial charge on any atom is -0.306 e. The first-order valence-electron chi connectivity index (χ1n) is 10.1. The van der Waals surface area contributed by atoms with E-state index in [0.717, 1.165) is 55.4 Å². The molecule has 2 heterocycles. The number of hydrogen-bond acceptors (Lipinski definition) is 5. The van der Waals surface area contributed by atoms with Crippen LogP contribution in [0.1, 0.15) is 31.2 Å². The number of fused-ring (bicyclic) bond motifs is 2. The van der Waals surface area contributed by atoms with Gasteiger partial charge in [-0.25, -0.2) is 0 Å². The van der Waals surface area contributed by atoms with Crippen molar-refractivity contribution >= 4 is 33.4 Å². The minimum atomic E-state index is -0.0335. The number of hydrogen-bond donors (Lipinski definition) is 0. The zero-order valence-corrected chi connectivity index (χ0v) is 17.3. The highest BCUT2D eigenvalue weighted by molar-refractivity contribution is 7.16.